The first-order valence-corrected chi connectivity index (χ1v) is 47.4. The first-order valence-electron chi connectivity index (χ1n) is 46.3. The maximum Gasteiger partial charge on any atom is 0.281 e. The average Bonchev–Trinajstić information content (AvgIpc) is 0.703. The number of nitrogens with two attached hydrogens (primary N) is 3. The molecule has 0 saturated carbocycles. The minimum absolute atomic E-state index is 0.0109. The highest BCUT2D eigenvalue weighted by atomic mass is 35.5. The van der Waals surface area contributed by atoms with E-state index in [4.69, 9.17) is 52.0 Å². The van der Waals surface area contributed by atoms with Crippen molar-refractivity contribution in [2.75, 3.05) is 134 Å². The number of carbonyl (C=O) groups is 4. The van der Waals surface area contributed by atoms with Crippen LogP contribution in [0.5, 0.6) is 0 Å². The molecule has 26 nitrogen and oxygen atoms in total. The highest BCUT2D eigenvalue weighted by Crippen LogP contribution is 2.52. The third-order valence-corrected chi connectivity index (χ3v) is 28.3. The Kier molecular flexibility index (Phi) is 27.5. The van der Waals surface area contributed by atoms with Crippen molar-refractivity contribution in [2.24, 2.45) is 0 Å². The molecule has 140 heavy (non-hydrogen) atoms. The highest BCUT2D eigenvalue weighted by molar-refractivity contribution is 6.34. The van der Waals surface area contributed by atoms with Crippen LogP contribution in [0.2, 0.25) is 15.1 Å². The summed E-state index contributed by atoms with van der Waals surface area (Å²) in [6.45, 7) is 37.3. The predicted octanol–water partition coefficient (Wildman–Crippen LogP) is 17.9. The number of amides is 4. The Balaban J connectivity index is 0.000000152. The van der Waals surface area contributed by atoms with Crippen LogP contribution in [-0.4, -0.2) is 195 Å². The van der Waals surface area contributed by atoms with Crippen LogP contribution >= 0.6 is 34.8 Å². The largest absolute Gasteiger partial charge is 0.399 e. The lowest BCUT2D eigenvalue weighted by atomic mass is 9.95. The van der Waals surface area contributed by atoms with Gasteiger partial charge in [0, 0.05) is 161 Å². The number of nitrogens with one attached hydrogen (secondary N) is 1. The summed E-state index contributed by atoms with van der Waals surface area (Å²) in [5, 5.41) is 3.55. The van der Waals surface area contributed by atoms with E-state index in [2.05, 4.69) is 49.8 Å². The summed E-state index contributed by atoms with van der Waals surface area (Å²) < 4.78 is 105. The second-order valence-corrected chi connectivity index (χ2v) is 39.2. The third kappa shape index (κ3) is 17.2. The zero-order chi connectivity index (χ0) is 101. The van der Waals surface area contributed by atoms with Gasteiger partial charge < -0.3 is 66.6 Å². The number of aromatic nitrogens is 6. The fourth-order valence-corrected chi connectivity index (χ4v) is 21.4. The molecule has 6 unspecified atom stereocenters. The second-order valence-electron chi connectivity index (χ2n) is 38.0. The molecule has 35 heteroatoms. The van der Waals surface area contributed by atoms with Gasteiger partial charge in [-0.2, -0.15) is 0 Å². The van der Waals surface area contributed by atoms with E-state index in [-0.39, 0.29) is 177 Å². The molecule has 12 aromatic rings. The van der Waals surface area contributed by atoms with Crippen LogP contribution in [0, 0.1) is 55.7 Å². The smallest absolute Gasteiger partial charge is 0.281 e. The second kappa shape index (κ2) is 38.8. The van der Waals surface area contributed by atoms with E-state index in [1.54, 1.807) is 84.5 Å². The number of rotatable bonds is 16. The summed E-state index contributed by atoms with van der Waals surface area (Å²) in [6, 6.07) is 20.0. The van der Waals surface area contributed by atoms with Crippen LogP contribution < -0.4 is 63.7 Å². The highest BCUT2D eigenvalue weighted by Gasteiger charge is 2.48. The zero-order valence-corrected chi connectivity index (χ0v) is 82.7. The molecule has 0 bridgehead atoms. The number of piperazine rings is 3. The third-order valence-electron chi connectivity index (χ3n) is 27.3. The van der Waals surface area contributed by atoms with Crippen LogP contribution in [0.3, 0.4) is 0 Å². The molecule has 3 saturated heterocycles. The average molecular weight is 1970 g/mol. The zero-order valence-electron chi connectivity index (χ0n) is 80.4. The monoisotopic (exact) mass is 1970 g/mol. The van der Waals surface area contributed by atoms with E-state index in [1.165, 1.54) is 91.4 Å². The van der Waals surface area contributed by atoms with Gasteiger partial charge in [0.25, 0.3) is 16.7 Å². The van der Waals surface area contributed by atoms with Gasteiger partial charge in [0.1, 0.15) is 40.6 Å². The fraction of sp³-hybridized carbons (Fsp3) is 0.333. The first-order chi connectivity index (χ1) is 66.4. The molecular weight excluding hydrogens is 1860 g/mol. The quantitative estimate of drug-likeness (QED) is 0.0397. The topological polar surface area (TPSA) is 292 Å². The molecule has 12 heterocycles. The number of carbonyl (C=O) groups excluding carboxylic acids is 4. The van der Waals surface area contributed by atoms with Gasteiger partial charge in [-0.1, -0.05) is 96.1 Å². The van der Waals surface area contributed by atoms with E-state index in [1.807, 2.05) is 98.0 Å². The Morgan fingerprint density at radius 1 is 0.457 bits per heavy atom. The van der Waals surface area contributed by atoms with Crippen molar-refractivity contribution in [1.82, 2.24) is 48.3 Å². The lowest BCUT2D eigenvalue weighted by molar-refractivity contribution is -0.131. The van der Waals surface area contributed by atoms with Gasteiger partial charge in [-0.15, -0.1) is 0 Å². The minimum atomic E-state index is -1.03. The fourth-order valence-electron chi connectivity index (χ4n) is 20.8. The van der Waals surface area contributed by atoms with Crippen molar-refractivity contribution >= 4 is 142 Å². The maximum absolute atomic E-state index is 17.6. The van der Waals surface area contributed by atoms with E-state index >= 15 is 31.1 Å². The minimum Gasteiger partial charge on any atom is -0.399 e. The van der Waals surface area contributed by atoms with Crippen LogP contribution in [0.15, 0.2) is 162 Å². The van der Waals surface area contributed by atoms with Gasteiger partial charge in [0.15, 0.2) is 17.5 Å². The first kappa shape index (κ1) is 99.3. The molecule has 6 aromatic carbocycles. The number of fused-ring (bicyclic) bond motifs is 15. The molecule has 0 spiro atoms. The van der Waals surface area contributed by atoms with E-state index in [0.717, 1.165) is 24.6 Å². The summed E-state index contributed by atoms with van der Waals surface area (Å²) >= 11 is 19.5. The molecule has 0 radical (unpaired) electrons. The summed E-state index contributed by atoms with van der Waals surface area (Å²) in [5.41, 5.74) is 22.5. The molecule has 4 amide bonds. The van der Waals surface area contributed by atoms with Gasteiger partial charge in [0.2, 0.25) is 23.6 Å². The van der Waals surface area contributed by atoms with Crippen molar-refractivity contribution in [3.8, 4) is 50.4 Å². The summed E-state index contributed by atoms with van der Waals surface area (Å²) in [6.07, 6.45) is 9.45. The normalized spacial score (nSPS) is 17.7. The summed E-state index contributed by atoms with van der Waals surface area (Å²) in [7, 11) is 5.77. The SMILES string of the molecule is C=CC(=O)N1CC2C(=O)Nc3c(c4cc(F)c(-c5cc(N)ccc5Cl)c(F)c4n(-c4c(C)ccnc4C(C)C)c3=O)N2CC1C.C=CC(=O)N1CC2CN(C)c3c(c4cc(F)c(-c5cc(N)ccc5Cl)c(F)c4n(-c4c(C)ccnc4C(C)C)c3=O)N2CC1C.C=CC(=O)N1CC2CN(CCCN(C)C)c3c(c4cc(F)c(-c5cc(N)ccc5Cl)c(F)c4n(-c4c(C)ccnc4C(C)C)c3=O)N2CC1C. The van der Waals surface area contributed by atoms with Crippen LogP contribution in [-0.2, 0) is 19.2 Å². The number of hydrogen-bond donors (Lipinski definition) is 4. The number of halogens is 9. The molecule has 0 aliphatic carbocycles. The number of pyridine rings is 6. The van der Waals surface area contributed by atoms with Gasteiger partial charge in [-0.25, -0.2) is 26.3 Å². The van der Waals surface area contributed by atoms with Crippen LogP contribution in [0.1, 0.15) is 120 Å². The molecule has 6 atom stereocenters. The molecular formula is C105H110Cl3F6N19O7. The molecule has 6 aromatic heterocycles. The van der Waals surface area contributed by atoms with Crippen LogP contribution in [0.4, 0.5) is 77.5 Å². The van der Waals surface area contributed by atoms with E-state index in [0.29, 0.717) is 114 Å². The molecule has 18 rings (SSSR count). The molecule has 6 aliphatic rings. The number of anilines is 9. The number of benzene rings is 6. The lowest BCUT2D eigenvalue weighted by Gasteiger charge is -2.52. The number of likely N-dealkylation sites (N-methyl/N-ethyl adjacent to an activating group) is 1. The lowest BCUT2D eigenvalue weighted by Crippen LogP contribution is -2.64. The Morgan fingerprint density at radius 2 is 0.800 bits per heavy atom. The summed E-state index contributed by atoms with van der Waals surface area (Å²) in [5.74, 6) is -7.16. The van der Waals surface area contributed by atoms with Gasteiger partial charge >= 0.3 is 0 Å². The molecule has 7 N–H and O–H groups in total. The number of nitrogen functional groups attached to an aromatic ring is 3. The number of aryl methyl sites for hydroxylation is 3. The summed E-state index contributed by atoms with van der Waals surface area (Å²) in [4.78, 5) is 127. The van der Waals surface area contributed by atoms with Crippen molar-refractivity contribution in [1.29, 1.82) is 0 Å². The molecule has 6 aliphatic heterocycles. The van der Waals surface area contributed by atoms with Crippen molar-refractivity contribution in [3.63, 3.8) is 0 Å². The van der Waals surface area contributed by atoms with Gasteiger partial charge in [0.05, 0.1) is 103 Å². The Hall–Kier alpha value is -13.7. The van der Waals surface area contributed by atoms with E-state index in [9.17, 15) is 28.8 Å². The molecule has 3 fully saturated rings. The van der Waals surface area contributed by atoms with Gasteiger partial charge in [-0.3, -0.25) is 62.2 Å². The Labute approximate surface area is 821 Å². The van der Waals surface area contributed by atoms with Crippen molar-refractivity contribution in [3.05, 3.63) is 262 Å². The predicted molar refractivity (Wildman–Crippen MR) is 548 cm³/mol. The van der Waals surface area contributed by atoms with Gasteiger partial charge in [-0.05, 0) is 212 Å². The van der Waals surface area contributed by atoms with Crippen LogP contribution in [0.25, 0.3) is 83.2 Å². The maximum atomic E-state index is 17.6. The van der Waals surface area contributed by atoms with Crippen molar-refractivity contribution < 1.29 is 45.5 Å². The number of hydrogen-bond acceptors (Lipinski definition) is 19. The van der Waals surface area contributed by atoms with E-state index < -0.39 is 75.1 Å². The Bertz CT molecular complexity index is 7390. The number of nitrogens with zero attached hydrogens (tertiary/aromatic N) is 15. The Morgan fingerprint density at radius 3 is 1.17 bits per heavy atom. The molecule has 730 valence electrons. The standard InChI is InChI=1S/C38H44ClF2N7O2.C34H35ClF2N6O2.C33H31ClF2N6O3/c1-8-30(49)46-20-25-19-45(15-9-14-44(6)7)37-36(47(25)18-23(46)5)27-17-29(40)31(26-16-24(42)10-11-28(26)39)32(41)35(27)48(38(37)50)34-22(4)12-13-43-33(34)21(2)3;1-7-26(44)41-16-21-15-40(6)33-32(42(21)14-19(41)5)23-13-25(36)27(22-12-20(38)8-9-24(22)35)28(37)31(23)43(34(33)45)30-18(4)10-11-39-29(30)17(2)3;1-6-24(43)40-14-23-32(44)39-28-31(41(23)13-17(40)5)20-12-22(35)25(19-11-18(37)7-8-21(19)34)26(36)30(20)42(33(28)45)29-16(4)9-10-38-27(29)15(2)3/h8,10-13,16-17,21,23,25H,1,9,14-15,18-20,42H2,2-7H3;7-13,17,19,21H,1,14-16,38H2,2-6H3;6-12,15,17,23H,1,13-14,37H2,2-5H3,(H,39,44). The van der Waals surface area contributed by atoms with Crippen molar-refractivity contribution in [2.45, 2.75) is 144 Å².